The number of benzene rings is 1. The Morgan fingerprint density at radius 1 is 1.19 bits per heavy atom. The van der Waals surface area contributed by atoms with Crippen LogP contribution in [0.25, 0.3) is 10.2 Å². The first kappa shape index (κ1) is 20.1. The van der Waals surface area contributed by atoms with E-state index in [1.807, 2.05) is 23.1 Å². The molecule has 1 heterocycles. The summed E-state index contributed by atoms with van der Waals surface area (Å²) < 4.78 is 6.41. The molecule has 0 unspecified atom stereocenters. The molecule has 1 aromatic heterocycles. The Morgan fingerprint density at radius 2 is 1.93 bits per heavy atom. The lowest BCUT2D eigenvalue weighted by Crippen LogP contribution is -2.42. The highest BCUT2D eigenvalue weighted by Gasteiger charge is 2.28. The molecule has 0 radical (unpaired) electrons. The Hall–Kier alpha value is -1.66. The zero-order valence-electron chi connectivity index (χ0n) is 16.7. The average Bonchev–Trinajstić information content (AvgIpc) is 3.14. The van der Waals surface area contributed by atoms with Crippen molar-refractivity contribution in [3.8, 4) is 5.75 Å². The lowest BCUT2D eigenvalue weighted by molar-refractivity contribution is -0.123. The number of hydrogen-bond acceptors (Lipinski definition) is 5. The van der Waals surface area contributed by atoms with Crippen molar-refractivity contribution in [2.24, 2.45) is 5.92 Å². The van der Waals surface area contributed by atoms with Crippen LogP contribution in [0.2, 0.25) is 0 Å². The van der Waals surface area contributed by atoms with Crippen molar-refractivity contribution < 1.29 is 9.53 Å². The molecule has 2 aromatic rings. The molecule has 3 rings (SSSR count). The van der Waals surface area contributed by atoms with Crippen LogP contribution in [0.5, 0.6) is 5.75 Å². The van der Waals surface area contributed by atoms with E-state index in [-0.39, 0.29) is 11.8 Å². The van der Waals surface area contributed by atoms with Crippen LogP contribution in [0.4, 0.5) is 5.13 Å². The van der Waals surface area contributed by atoms with Crippen LogP contribution < -0.4 is 9.64 Å². The minimum Gasteiger partial charge on any atom is -0.497 e. The van der Waals surface area contributed by atoms with Gasteiger partial charge in [-0.15, -0.1) is 0 Å². The van der Waals surface area contributed by atoms with Gasteiger partial charge in [-0.25, -0.2) is 4.98 Å². The van der Waals surface area contributed by atoms with Gasteiger partial charge in [0.25, 0.3) is 0 Å². The number of fused-ring (bicyclic) bond motifs is 1. The van der Waals surface area contributed by atoms with Crippen molar-refractivity contribution in [1.29, 1.82) is 0 Å². The van der Waals surface area contributed by atoms with Crippen LogP contribution in [0, 0.1) is 5.92 Å². The number of thiazole rings is 1. The number of nitrogens with zero attached hydrogens (tertiary/aromatic N) is 3. The molecular weight excluding hydrogens is 358 g/mol. The molecular formula is C21H31N3O2S. The Balaban J connectivity index is 1.86. The Labute approximate surface area is 166 Å². The Morgan fingerprint density at radius 3 is 2.59 bits per heavy atom. The van der Waals surface area contributed by atoms with Crippen molar-refractivity contribution in [2.75, 3.05) is 38.2 Å². The minimum absolute atomic E-state index is 0.150. The summed E-state index contributed by atoms with van der Waals surface area (Å²) in [5.74, 6) is 1.21. The molecule has 0 spiro atoms. The lowest BCUT2D eigenvalue weighted by atomic mass is 9.88. The van der Waals surface area contributed by atoms with E-state index in [9.17, 15) is 4.79 Å². The molecule has 6 heteroatoms. The van der Waals surface area contributed by atoms with E-state index in [2.05, 4.69) is 18.7 Å². The molecule has 1 aliphatic rings. The maximum Gasteiger partial charge on any atom is 0.231 e. The van der Waals surface area contributed by atoms with Gasteiger partial charge in [0.2, 0.25) is 5.91 Å². The summed E-state index contributed by atoms with van der Waals surface area (Å²) in [7, 11) is 1.66. The highest BCUT2D eigenvalue weighted by Crippen LogP contribution is 2.33. The van der Waals surface area contributed by atoms with E-state index in [1.165, 1.54) is 6.42 Å². The molecule has 0 N–H and O–H groups in total. The van der Waals surface area contributed by atoms with Crippen molar-refractivity contribution in [3.63, 3.8) is 0 Å². The molecule has 0 aliphatic heterocycles. The second kappa shape index (κ2) is 9.51. The number of anilines is 1. The van der Waals surface area contributed by atoms with Crippen LogP contribution in [0.1, 0.15) is 46.0 Å². The summed E-state index contributed by atoms with van der Waals surface area (Å²) in [6.07, 6.45) is 5.61. The van der Waals surface area contributed by atoms with Crippen LogP contribution in [0.15, 0.2) is 18.2 Å². The first-order valence-corrected chi connectivity index (χ1v) is 11.0. The highest BCUT2D eigenvalue weighted by molar-refractivity contribution is 7.22. The predicted octanol–water partition coefficient (Wildman–Crippen LogP) is 4.56. The SMILES string of the molecule is CCN(CC)CCN(C(=O)C1CCCCC1)c1nc2cc(OC)ccc2s1. The van der Waals surface area contributed by atoms with E-state index in [0.29, 0.717) is 6.54 Å². The molecule has 27 heavy (non-hydrogen) atoms. The summed E-state index contributed by atoms with van der Waals surface area (Å²) >= 11 is 1.60. The zero-order chi connectivity index (χ0) is 19.2. The lowest BCUT2D eigenvalue weighted by Gasteiger charge is -2.29. The number of rotatable bonds is 8. The third-order valence-corrected chi connectivity index (χ3v) is 6.63. The fraction of sp³-hybridized carbons (Fsp3) is 0.619. The zero-order valence-corrected chi connectivity index (χ0v) is 17.6. The predicted molar refractivity (Wildman–Crippen MR) is 113 cm³/mol. The molecule has 1 aromatic carbocycles. The number of carbonyl (C=O) groups is 1. The standard InChI is InChI=1S/C21H31N3O2S/c1-4-23(5-2)13-14-24(20(25)16-9-7-6-8-10-16)21-22-18-15-17(26-3)11-12-19(18)27-21/h11-12,15-16H,4-10,13-14H2,1-3H3. The third kappa shape index (κ3) is 4.79. The minimum atomic E-state index is 0.150. The number of amides is 1. The Kier molecular flexibility index (Phi) is 7.07. The third-order valence-electron chi connectivity index (χ3n) is 5.57. The number of carbonyl (C=O) groups excluding carboxylic acids is 1. The van der Waals surface area contributed by atoms with Gasteiger partial charge in [0.15, 0.2) is 5.13 Å². The number of ether oxygens (including phenoxy) is 1. The fourth-order valence-corrected chi connectivity index (χ4v) is 4.77. The molecule has 1 saturated carbocycles. The van der Waals surface area contributed by atoms with E-state index in [1.54, 1.807) is 18.4 Å². The van der Waals surface area contributed by atoms with Gasteiger partial charge in [0.1, 0.15) is 5.75 Å². The second-order valence-corrected chi connectivity index (χ2v) is 8.19. The van der Waals surface area contributed by atoms with Crippen LogP contribution in [0.3, 0.4) is 0 Å². The highest BCUT2D eigenvalue weighted by atomic mass is 32.1. The average molecular weight is 390 g/mol. The van der Waals surface area contributed by atoms with Crippen LogP contribution in [-0.4, -0.2) is 49.1 Å². The van der Waals surface area contributed by atoms with E-state index in [4.69, 9.17) is 9.72 Å². The van der Waals surface area contributed by atoms with E-state index in [0.717, 1.165) is 66.4 Å². The maximum atomic E-state index is 13.3. The molecule has 0 bridgehead atoms. The van der Waals surface area contributed by atoms with Gasteiger partial charge < -0.3 is 9.64 Å². The van der Waals surface area contributed by atoms with Crippen LogP contribution in [-0.2, 0) is 4.79 Å². The van der Waals surface area contributed by atoms with Gasteiger partial charge in [-0.2, -0.15) is 0 Å². The summed E-state index contributed by atoms with van der Waals surface area (Å²) in [6, 6.07) is 5.93. The van der Waals surface area contributed by atoms with Crippen LogP contribution >= 0.6 is 11.3 Å². The van der Waals surface area contributed by atoms with Gasteiger partial charge in [-0.05, 0) is 38.1 Å². The maximum absolute atomic E-state index is 13.3. The second-order valence-electron chi connectivity index (χ2n) is 7.18. The van der Waals surface area contributed by atoms with E-state index >= 15 is 0 Å². The van der Waals surface area contributed by atoms with Gasteiger partial charge in [-0.1, -0.05) is 44.4 Å². The molecule has 148 valence electrons. The molecule has 1 aliphatic carbocycles. The normalized spacial score (nSPS) is 15.4. The molecule has 0 saturated heterocycles. The van der Waals surface area contributed by atoms with Gasteiger partial charge in [0, 0.05) is 25.1 Å². The van der Waals surface area contributed by atoms with E-state index < -0.39 is 0 Å². The summed E-state index contributed by atoms with van der Waals surface area (Å²) in [5.41, 5.74) is 0.902. The summed E-state index contributed by atoms with van der Waals surface area (Å²) in [4.78, 5) is 22.4. The van der Waals surface area contributed by atoms with Gasteiger partial charge in [-0.3, -0.25) is 9.69 Å². The topological polar surface area (TPSA) is 45.7 Å². The molecule has 1 amide bonds. The summed E-state index contributed by atoms with van der Waals surface area (Å²) in [6.45, 7) is 7.91. The molecule has 0 atom stereocenters. The number of aromatic nitrogens is 1. The molecule has 5 nitrogen and oxygen atoms in total. The smallest absolute Gasteiger partial charge is 0.231 e. The van der Waals surface area contributed by atoms with Crippen molar-refractivity contribution in [1.82, 2.24) is 9.88 Å². The Bertz CT molecular complexity index is 751. The first-order chi connectivity index (χ1) is 13.2. The van der Waals surface area contributed by atoms with Crippen molar-refractivity contribution in [2.45, 2.75) is 46.0 Å². The first-order valence-electron chi connectivity index (χ1n) is 10.1. The largest absolute Gasteiger partial charge is 0.497 e. The molecule has 1 fully saturated rings. The number of methoxy groups -OCH3 is 1. The number of likely N-dealkylation sites (N-methyl/N-ethyl adjacent to an activating group) is 1. The number of hydrogen-bond donors (Lipinski definition) is 0. The van der Waals surface area contributed by atoms with Crippen molar-refractivity contribution in [3.05, 3.63) is 18.2 Å². The van der Waals surface area contributed by atoms with Gasteiger partial charge in [0.05, 0.1) is 17.3 Å². The van der Waals surface area contributed by atoms with Gasteiger partial charge >= 0.3 is 0 Å². The summed E-state index contributed by atoms with van der Waals surface area (Å²) in [5, 5.41) is 0.820. The fourth-order valence-electron chi connectivity index (χ4n) is 3.79. The van der Waals surface area contributed by atoms with Crippen molar-refractivity contribution >= 4 is 32.6 Å². The quantitative estimate of drug-likeness (QED) is 0.664. The monoisotopic (exact) mass is 389 g/mol.